The minimum atomic E-state index is -0.465. The van der Waals surface area contributed by atoms with Gasteiger partial charge in [0.25, 0.3) is 11.8 Å². The number of nitrogens with zero attached hydrogens (tertiary/aromatic N) is 2. The molecule has 1 heterocycles. The van der Waals surface area contributed by atoms with Gasteiger partial charge in [0.15, 0.2) is 5.13 Å². The molecule has 47 heavy (non-hydrogen) atoms. The molecule has 0 spiro atoms. The maximum atomic E-state index is 13.4. The van der Waals surface area contributed by atoms with Crippen LogP contribution in [0.2, 0.25) is 0 Å². The molecular formula is C37H35N5O3S2. The van der Waals surface area contributed by atoms with Gasteiger partial charge in [-0.1, -0.05) is 60.2 Å². The lowest BCUT2D eigenvalue weighted by atomic mass is 10.1. The molecule has 1 atom stereocenters. The van der Waals surface area contributed by atoms with E-state index in [-0.39, 0.29) is 22.8 Å². The van der Waals surface area contributed by atoms with E-state index in [4.69, 9.17) is 0 Å². The van der Waals surface area contributed by atoms with Crippen molar-refractivity contribution in [1.29, 1.82) is 0 Å². The number of aromatic nitrogens is 1. The molecule has 0 aliphatic carbocycles. The SMILES string of the molecule is Cc1ccc(-c2csc(NC(=O)C(C)Sc3ccc(NC(=O)/C(=C/c4ccc(N(C)C)cc4)NC(=O)c4ccccc4)cc3)n2)cc1. The number of anilines is 3. The normalized spacial score (nSPS) is 11.8. The second-order valence-electron chi connectivity index (χ2n) is 11.0. The fourth-order valence-electron chi connectivity index (χ4n) is 4.45. The zero-order valence-corrected chi connectivity index (χ0v) is 28.1. The molecule has 238 valence electrons. The Morgan fingerprint density at radius 1 is 0.851 bits per heavy atom. The summed E-state index contributed by atoms with van der Waals surface area (Å²) >= 11 is 2.79. The Hall–Kier alpha value is -5.19. The topological polar surface area (TPSA) is 103 Å². The number of benzene rings is 4. The number of hydrogen-bond donors (Lipinski definition) is 3. The van der Waals surface area contributed by atoms with Crippen molar-refractivity contribution in [3.63, 3.8) is 0 Å². The highest BCUT2D eigenvalue weighted by Crippen LogP contribution is 2.28. The lowest BCUT2D eigenvalue weighted by molar-refractivity contribution is -0.115. The van der Waals surface area contributed by atoms with E-state index in [0.29, 0.717) is 16.4 Å². The number of carbonyl (C=O) groups is 3. The smallest absolute Gasteiger partial charge is 0.272 e. The third-order valence-electron chi connectivity index (χ3n) is 7.13. The predicted molar refractivity (Wildman–Crippen MR) is 194 cm³/mol. The number of nitrogens with one attached hydrogen (secondary N) is 3. The molecule has 3 N–H and O–H groups in total. The number of rotatable bonds is 11. The number of thioether (sulfide) groups is 1. The molecule has 10 heteroatoms. The molecule has 0 fully saturated rings. The molecule has 3 amide bonds. The third kappa shape index (κ3) is 9.18. The Bertz CT molecular complexity index is 1870. The summed E-state index contributed by atoms with van der Waals surface area (Å²) in [4.78, 5) is 46.7. The summed E-state index contributed by atoms with van der Waals surface area (Å²) in [5, 5.41) is 10.7. The van der Waals surface area contributed by atoms with Crippen LogP contribution in [0.5, 0.6) is 0 Å². The van der Waals surface area contributed by atoms with Crippen LogP contribution < -0.4 is 20.9 Å². The Kier molecular flexibility index (Phi) is 10.9. The average molecular weight is 662 g/mol. The second kappa shape index (κ2) is 15.4. The van der Waals surface area contributed by atoms with Gasteiger partial charge in [-0.15, -0.1) is 23.1 Å². The molecule has 5 aromatic rings. The van der Waals surface area contributed by atoms with Crippen molar-refractivity contribution >= 4 is 63.4 Å². The standard InChI is InChI=1S/C37H35N5O3S2/c1-24-10-14-27(15-11-24)33-23-46-37(40-33)41-34(43)25(2)47-31-20-16-29(17-21-31)38-36(45)32(39-35(44)28-8-6-5-7-9-28)22-26-12-18-30(19-13-26)42(3)4/h5-23,25H,1-4H3,(H,38,45)(H,39,44)(H,40,41,43)/b32-22-. The van der Waals surface area contributed by atoms with Crippen LogP contribution in [0, 0.1) is 6.92 Å². The summed E-state index contributed by atoms with van der Waals surface area (Å²) in [6.07, 6.45) is 1.65. The van der Waals surface area contributed by atoms with Gasteiger partial charge in [0.05, 0.1) is 10.9 Å². The monoisotopic (exact) mass is 661 g/mol. The van der Waals surface area contributed by atoms with Gasteiger partial charge in [0, 0.05) is 46.9 Å². The maximum absolute atomic E-state index is 13.4. The Morgan fingerprint density at radius 2 is 1.53 bits per heavy atom. The van der Waals surface area contributed by atoms with Gasteiger partial charge < -0.3 is 20.9 Å². The first kappa shape index (κ1) is 33.2. The van der Waals surface area contributed by atoms with Crippen molar-refractivity contribution in [3.8, 4) is 11.3 Å². The van der Waals surface area contributed by atoms with Gasteiger partial charge >= 0.3 is 0 Å². The van der Waals surface area contributed by atoms with Crippen molar-refractivity contribution in [1.82, 2.24) is 10.3 Å². The Balaban J connectivity index is 1.22. The first-order valence-electron chi connectivity index (χ1n) is 14.9. The number of amides is 3. The first-order chi connectivity index (χ1) is 22.6. The summed E-state index contributed by atoms with van der Waals surface area (Å²) in [7, 11) is 3.90. The first-order valence-corrected chi connectivity index (χ1v) is 16.7. The van der Waals surface area contributed by atoms with Crippen molar-refractivity contribution in [2.75, 3.05) is 29.6 Å². The molecule has 0 bridgehead atoms. The van der Waals surface area contributed by atoms with Gasteiger partial charge in [-0.2, -0.15) is 0 Å². The van der Waals surface area contributed by atoms with Crippen molar-refractivity contribution < 1.29 is 14.4 Å². The zero-order chi connectivity index (χ0) is 33.3. The van der Waals surface area contributed by atoms with Crippen molar-refractivity contribution in [2.45, 2.75) is 24.0 Å². The van der Waals surface area contributed by atoms with Gasteiger partial charge in [-0.25, -0.2) is 4.98 Å². The molecule has 0 aliphatic heterocycles. The largest absolute Gasteiger partial charge is 0.378 e. The van der Waals surface area contributed by atoms with E-state index in [1.807, 2.05) is 105 Å². The van der Waals surface area contributed by atoms with Crippen LogP contribution in [0.1, 0.15) is 28.4 Å². The van der Waals surface area contributed by atoms with Crippen LogP contribution >= 0.6 is 23.1 Å². The summed E-state index contributed by atoms with van der Waals surface area (Å²) in [6.45, 7) is 3.87. The van der Waals surface area contributed by atoms with E-state index in [0.717, 1.165) is 27.4 Å². The molecule has 5 rings (SSSR count). The fraction of sp³-hybridized carbons (Fsp3) is 0.135. The second-order valence-corrected chi connectivity index (χ2v) is 13.3. The van der Waals surface area contributed by atoms with E-state index >= 15 is 0 Å². The Morgan fingerprint density at radius 3 is 2.19 bits per heavy atom. The van der Waals surface area contributed by atoms with E-state index in [1.54, 1.807) is 42.5 Å². The van der Waals surface area contributed by atoms with Gasteiger partial charge in [-0.3, -0.25) is 14.4 Å². The van der Waals surface area contributed by atoms with Crippen LogP contribution in [0.3, 0.4) is 0 Å². The van der Waals surface area contributed by atoms with Crippen molar-refractivity contribution in [2.24, 2.45) is 0 Å². The number of thiazole rings is 1. The fourth-order valence-corrected chi connectivity index (χ4v) is 6.04. The van der Waals surface area contributed by atoms with Crippen LogP contribution in [0.15, 0.2) is 119 Å². The highest BCUT2D eigenvalue weighted by atomic mass is 32.2. The molecule has 0 saturated carbocycles. The number of aryl methyl sites for hydroxylation is 1. The molecule has 1 unspecified atom stereocenters. The van der Waals surface area contributed by atoms with Crippen LogP contribution in [0.4, 0.5) is 16.5 Å². The molecule has 0 saturated heterocycles. The van der Waals surface area contributed by atoms with Crippen LogP contribution in [-0.4, -0.2) is 42.1 Å². The van der Waals surface area contributed by atoms with Gasteiger partial charge in [-0.05, 0) is 74.0 Å². The highest BCUT2D eigenvalue weighted by molar-refractivity contribution is 8.00. The minimum absolute atomic E-state index is 0.105. The number of hydrogen-bond acceptors (Lipinski definition) is 7. The van der Waals surface area contributed by atoms with E-state index in [1.165, 1.54) is 28.7 Å². The van der Waals surface area contributed by atoms with Crippen LogP contribution in [-0.2, 0) is 9.59 Å². The molecule has 4 aromatic carbocycles. The van der Waals surface area contributed by atoms with E-state index in [2.05, 4.69) is 20.9 Å². The van der Waals surface area contributed by atoms with Crippen molar-refractivity contribution in [3.05, 3.63) is 131 Å². The van der Waals surface area contributed by atoms with Gasteiger partial charge in [0.1, 0.15) is 5.70 Å². The lowest BCUT2D eigenvalue weighted by Gasteiger charge is -2.14. The third-order valence-corrected chi connectivity index (χ3v) is 8.99. The number of carbonyl (C=O) groups excluding carboxylic acids is 3. The Labute approximate surface area is 282 Å². The average Bonchev–Trinajstić information content (AvgIpc) is 3.54. The highest BCUT2D eigenvalue weighted by Gasteiger charge is 2.18. The van der Waals surface area contributed by atoms with E-state index in [9.17, 15) is 14.4 Å². The summed E-state index contributed by atoms with van der Waals surface area (Å²) < 4.78 is 0. The predicted octanol–water partition coefficient (Wildman–Crippen LogP) is 7.71. The minimum Gasteiger partial charge on any atom is -0.378 e. The molecule has 0 aliphatic rings. The summed E-state index contributed by atoms with van der Waals surface area (Å²) in [5.41, 5.74) is 5.87. The molecular weight excluding hydrogens is 627 g/mol. The molecule has 0 radical (unpaired) electrons. The van der Waals surface area contributed by atoms with E-state index < -0.39 is 5.91 Å². The quantitative estimate of drug-likeness (QED) is 0.0990. The molecule has 1 aromatic heterocycles. The summed E-state index contributed by atoms with van der Waals surface area (Å²) in [6, 6.07) is 31.7. The molecule has 8 nitrogen and oxygen atoms in total. The van der Waals surface area contributed by atoms with Gasteiger partial charge in [0.2, 0.25) is 5.91 Å². The maximum Gasteiger partial charge on any atom is 0.272 e. The lowest BCUT2D eigenvalue weighted by Crippen LogP contribution is -2.30. The van der Waals surface area contributed by atoms with Crippen LogP contribution in [0.25, 0.3) is 17.3 Å². The summed E-state index contributed by atoms with van der Waals surface area (Å²) in [5.74, 6) is -1.01. The zero-order valence-electron chi connectivity index (χ0n) is 26.5.